The van der Waals surface area contributed by atoms with E-state index in [1.807, 2.05) is 6.92 Å². The molecule has 0 aromatic rings. The van der Waals surface area contributed by atoms with Crippen LogP contribution in [0.3, 0.4) is 0 Å². The Morgan fingerprint density at radius 3 is 2.12 bits per heavy atom. The van der Waals surface area contributed by atoms with Crippen LogP contribution in [0, 0.1) is 0 Å². The third-order valence-electron chi connectivity index (χ3n) is 5.43. The maximum absolute atomic E-state index is 13.0. The second-order valence-electron chi connectivity index (χ2n) is 8.51. The summed E-state index contributed by atoms with van der Waals surface area (Å²) in [4.78, 5) is 60.9. The van der Waals surface area contributed by atoms with Gasteiger partial charge in [0.15, 0.2) is 11.9 Å². The number of methoxy groups -OCH3 is 1. The second kappa shape index (κ2) is 16.5. The molecule has 1 aliphatic rings. The number of thioether (sulfide) groups is 1. The lowest BCUT2D eigenvalue weighted by Gasteiger charge is -2.23. The van der Waals surface area contributed by atoms with Crippen molar-refractivity contribution in [3.8, 4) is 0 Å². The molecular formula is C24H38O9S. The highest BCUT2D eigenvalue weighted by molar-refractivity contribution is 8.00. The predicted octanol–water partition coefficient (Wildman–Crippen LogP) is 3.54. The minimum atomic E-state index is -1.22. The van der Waals surface area contributed by atoms with Crippen molar-refractivity contribution >= 4 is 41.4 Å². The van der Waals surface area contributed by atoms with Crippen molar-refractivity contribution in [2.75, 3.05) is 12.9 Å². The molecule has 4 atom stereocenters. The van der Waals surface area contributed by atoms with Gasteiger partial charge in [-0.2, -0.15) is 0 Å². The van der Waals surface area contributed by atoms with Gasteiger partial charge in [-0.1, -0.05) is 32.1 Å². The maximum Gasteiger partial charge on any atom is 0.348 e. The van der Waals surface area contributed by atoms with Crippen molar-refractivity contribution in [2.45, 2.75) is 109 Å². The zero-order valence-corrected chi connectivity index (χ0v) is 21.5. The summed E-state index contributed by atoms with van der Waals surface area (Å²) >= 11 is 0.979. The van der Waals surface area contributed by atoms with Gasteiger partial charge in [0.25, 0.3) is 0 Å². The molecule has 1 heterocycles. The number of Topliss-reactive ketones (excluding diaryl/α,β-unsaturated/α-hetero) is 1. The first-order valence-electron chi connectivity index (χ1n) is 11.9. The van der Waals surface area contributed by atoms with E-state index in [9.17, 15) is 24.0 Å². The number of ether oxygens (including phenoxy) is 4. The molecular weight excluding hydrogens is 464 g/mol. The van der Waals surface area contributed by atoms with Crippen LogP contribution in [-0.2, 0) is 42.9 Å². The van der Waals surface area contributed by atoms with Crippen LogP contribution in [0.25, 0.3) is 0 Å². The third-order valence-corrected chi connectivity index (χ3v) is 6.69. The smallest absolute Gasteiger partial charge is 0.348 e. The van der Waals surface area contributed by atoms with Crippen LogP contribution in [-0.4, -0.2) is 66.1 Å². The Labute approximate surface area is 206 Å². The van der Waals surface area contributed by atoms with E-state index in [-0.39, 0.29) is 24.1 Å². The van der Waals surface area contributed by atoms with Crippen LogP contribution in [0.1, 0.15) is 85.0 Å². The summed E-state index contributed by atoms with van der Waals surface area (Å²) in [5.74, 6) is -3.06. The molecule has 9 nitrogen and oxygen atoms in total. The highest BCUT2D eigenvalue weighted by Crippen LogP contribution is 2.24. The van der Waals surface area contributed by atoms with Gasteiger partial charge >= 0.3 is 23.9 Å². The molecule has 0 aromatic heterocycles. The maximum atomic E-state index is 13.0. The molecule has 0 spiro atoms. The average molecular weight is 503 g/mol. The molecule has 0 saturated carbocycles. The first kappa shape index (κ1) is 29.9. The van der Waals surface area contributed by atoms with E-state index in [4.69, 9.17) is 14.2 Å². The van der Waals surface area contributed by atoms with Gasteiger partial charge in [0.05, 0.1) is 13.2 Å². The Hall–Kier alpha value is -2.10. The molecule has 1 saturated heterocycles. The van der Waals surface area contributed by atoms with Crippen LogP contribution in [0.5, 0.6) is 0 Å². The van der Waals surface area contributed by atoms with Crippen LogP contribution >= 0.6 is 11.8 Å². The Morgan fingerprint density at radius 1 is 0.971 bits per heavy atom. The molecule has 10 heteroatoms. The molecule has 0 aromatic carbocycles. The lowest BCUT2D eigenvalue weighted by molar-refractivity contribution is -0.162. The van der Waals surface area contributed by atoms with Gasteiger partial charge in [0.1, 0.15) is 5.25 Å². The zero-order chi connectivity index (χ0) is 25.5. The highest BCUT2D eigenvalue weighted by atomic mass is 32.2. The predicted molar refractivity (Wildman–Crippen MR) is 126 cm³/mol. The summed E-state index contributed by atoms with van der Waals surface area (Å²) in [5.41, 5.74) is 0. The number of esters is 4. The van der Waals surface area contributed by atoms with Crippen molar-refractivity contribution < 1.29 is 42.9 Å². The van der Waals surface area contributed by atoms with Crippen molar-refractivity contribution in [3.63, 3.8) is 0 Å². The van der Waals surface area contributed by atoms with Gasteiger partial charge in [-0.05, 0) is 32.6 Å². The van der Waals surface area contributed by atoms with Gasteiger partial charge in [0, 0.05) is 26.0 Å². The monoisotopic (exact) mass is 502 g/mol. The van der Waals surface area contributed by atoms with Gasteiger partial charge < -0.3 is 18.9 Å². The van der Waals surface area contributed by atoms with E-state index in [1.54, 1.807) is 0 Å². The first-order valence-corrected chi connectivity index (χ1v) is 13.0. The van der Waals surface area contributed by atoms with Crippen molar-refractivity contribution in [2.24, 2.45) is 0 Å². The Morgan fingerprint density at radius 2 is 1.56 bits per heavy atom. The summed E-state index contributed by atoms with van der Waals surface area (Å²) in [5, 5.41) is -0.955. The summed E-state index contributed by atoms with van der Waals surface area (Å²) in [6, 6.07) is 0. The molecule has 0 bridgehead atoms. The number of cyclic esters (lactones) is 1. The molecule has 34 heavy (non-hydrogen) atoms. The van der Waals surface area contributed by atoms with E-state index in [1.165, 1.54) is 14.0 Å². The fourth-order valence-corrected chi connectivity index (χ4v) is 4.76. The molecule has 1 unspecified atom stereocenters. The van der Waals surface area contributed by atoms with Gasteiger partial charge in [-0.25, -0.2) is 4.79 Å². The standard InChI is InChI=1S/C24H38O9S/c1-16-12-10-8-6-5-7-9-11-13-20(32-17(2)25)19(27)14-22(24(29)31-16)34-15-21(23(28)30-4)33-18(3)26/h16,20-22H,5-15H2,1-4H3/t16-,20+,21?,22-/m1/s1. The molecule has 1 aliphatic heterocycles. The number of hydrogen-bond donors (Lipinski definition) is 0. The molecule has 0 aliphatic carbocycles. The average Bonchev–Trinajstić information content (AvgIpc) is 2.76. The Kier molecular flexibility index (Phi) is 14.5. The SMILES string of the molecule is COC(=O)C(CS[C@@H]1CC(=O)[C@@H](OC(C)=O)CCCCCCCCC[C@@H](C)OC1=O)OC(C)=O. The van der Waals surface area contributed by atoms with Crippen LogP contribution in [0.15, 0.2) is 0 Å². The fourth-order valence-electron chi connectivity index (χ4n) is 3.67. The topological polar surface area (TPSA) is 122 Å². The number of carbonyl (C=O) groups excluding carboxylic acids is 5. The first-order chi connectivity index (χ1) is 16.1. The van der Waals surface area contributed by atoms with Crippen LogP contribution in [0.4, 0.5) is 0 Å². The molecule has 0 amide bonds. The lowest BCUT2D eigenvalue weighted by Crippen LogP contribution is -2.35. The highest BCUT2D eigenvalue weighted by Gasteiger charge is 2.33. The normalized spacial score (nSPS) is 24.4. The molecule has 0 radical (unpaired) electrons. The van der Waals surface area contributed by atoms with Gasteiger partial charge in [0.2, 0.25) is 6.10 Å². The summed E-state index contributed by atoms with van der Waals surface area (Å²) in [6.45, 7) is 4.22. The number of carbonyl (C=O) groups is 5. The van der Waals surface area contributed by atoms with E-state index in [0.29, 0.717) is 12.8 Å². The van der Waals surface area contributed by atoms with E-state index >= 15 is 0 Å². The summed E-state index contributed by atoms with van der Waals surface area (Å²) in [6.07, 6.45) is 5.29. The van der Waals surface area contributed by atoms with Crippen LogP contribution < -0.4 is 0 Å². The number of rotatable bonds is 6. The van der Waals surface area contributed by atoms with E-state index < -0.39 is 41.3 Å². The molecule has 1 fully saturated rings. The van der Waals surface area contributed by atoms with Crippen molar-refractivity contribution in [1.29, 1.82) is 0 Å². The molecule has 0 N–H and O–H groups in total. The lowest BCUT2D eigenvalue weighted by atomic mass is 10.0. The zero-order valence-electron chi connectivity index (χ0n) is 20.7. The summed E-state index contributed by atoms with van der Waals surface area (Å²) < 4.78 is 20.5. The number of hydrogen-bond acceptors (Lipinski definition) is 10. The van der Waals surface area contributed by atoms with Gasteiger partial charge in [-0.15, -0.1) is 11.8 Å². The van der Waals surface area contributed by atoms with Crippen molar-refractivity contribution in [3.05, 3.63) is 0 Å². The Bertz CT molecular complexity index is 694. The van der Waals surface area contributed by atoms with Crippen LogP contribution in [0.2, 0.25) is 0 Å². The molecule has 1 rings (SSSR count). The minimum absolute atomic E-state index is 0.0914. The molecule has 194 valence electrons. The van der Waals surface area contributed by atoms with E-state index in [2.05, 4.69) is 4.74 Å². The summed E-state index contributed by atoms with van der Waals surface area (Å²) in [7, 11) is 1.17. The largest absolute Gasteiger partial charge is 0.466 e. The second-order valence-corrected chi connectivity index (χ2v) is 9.75. The minimum Gasteiger partial charge on any atom is -0.466 e. The quantitative estimate of drug-likeness (QED) is 0.394. The van der Waals surface area contributed by atoms with Crippen molar-refractivity contribution in [1.82, 2.24) is 0 Å². The fraction of sp³-hybridized carbons (Fsp3) is 0.792. The third kappa shape index (κ3) is 12.4. The number of ketones is 1. The Balaban J connectivity index is 3.02. The van der Waals surface area contributed by atoms with Gasteiger partial charge in [-0.3, -0.25) is 19.2 Å². The van der Waals surface area contributed by atoms with E-state index in [0.717, 1.165) is 63.6 Å².